The number of rotatable bonds is 9. The molecule has 6 nitrogen and oxygen atoms in total. The fourth-order valence-corrected chi connectivity index (χ4v) is 3.44. The van der Waals surface area contributed by atoms with E-state index in [1.807, 2.05) is 31.2 Å². The molecule has 2 aromatic carbocycles. The summed E-state index contributed by atoms with van der Waals surface area (Å²) in [6, 6.07) is 11.8. The lowest BCUT2D eigenvalue weighted by Gasteiger charge is -2.28. The van der Waals surface area contributed by atoms with E-state index < -0.39 is 6.04 Å². The Morgan fingerprint density at radius 1 is 1.21 bits per heavy atom. The molecular weight excluding hydrogens is 460 g/mol. The average molecular weight is 484 g/mol. The monoisotopic (exact) mass is 482 g/mol. The van der Waals surface area contributed by atoms with Gasteiger partial charge in [0.15, 0.2) is 6.61 Å². The first-order valence-electron chi connectivity index (χ1n) is 9.13. The zero-order chi connectivity index (χ0) is 21.4. The molecule has 0 heterocycles. The highest BCUT2D eigenvalue weighted by atomic mass is 79.9. The standard InChI is InChI=1S/C21H24BrClN2O4/c1-4-24-21(27)14(2)25(12-15-5-8-17(28-3)9-6-15)20(26)13-29-19-10-7-16(23)11-18(19)22/h5-11,14H,4,12-13H2,1-3H3,(H,24,27). The summed E-state index contributed by atoms with van der Waals surface area (Å²) in [5.74, 6) is 0.695. The van der Waals surface area contributed by atoms with Gasteiger partial charge in [-0.1, -0.05) is 23.7 Å². The lowest BCUT2D eigenvalue weighted by atomic mass is 10.1. The maximum Gasteiger partial charge on any atom is 0.261 e. The summed E-state index contributed by atoms with van der Waals surface area (Å²) in [5.41, 5.74) is 0.878. The average Bonchev–Trinajstić information content (AvgIpc) is 2.71. The Kier molecular flexibility index (Phi) is 8.79. The number of methoxy groups -OCH3 is 1. The molecule has 0 aliphatic rings. The number of hydrogen-bond acceptors (Lipinski definition) is 4. The molecule has 1 N–H and O–H groups in total. The topological polar surface area (TPSA) is 67.9 Å². The van der Waals surface area contributed by atoms with Gasteiger partial charge in [0.1, 0.15) is 17.5 Å². The smallest absolute Gasteiger partial charge is 0.261 e. The van der Waals surface area contributed by atoms with Crippen molar-refractivity contribution in [2.45, 2.75) is 26.4 Å². The van der Waals surface area contributed by atoms with Gasteiger partial charge < -0.3 is 19.7 Å². The van der Waals surface area contributed by atoms with E-state index in [4.69, 9.17) is 21.1 Å². The van der Waals surface area contributed by atoms with Crippen LogP contribution in [0.15, 0.2) is 46.9 Å². The molecule has 1 atom stereocenters. The van der Waals surface area contributed by atoms with Crippen molar-refractivity contribution >= 4 is 39.3 Å². The second kappa shape index (κ2) is 11.1. The van der Waals surface area contributed by atoms with E-state index in [-0.39, 0.29) is 25.0 Å². The van der Waals surface area contributed by atoms with Gasteiger partial charge in [-0.05, 0) is 65.7 Å². The van der Waals surface area contributed by atoms with E-state index in [1.165, 1.54) is 4.90 Å². The summed E-state index contributed by atoms with van der Waals surface area (Å²) in [6.45, 7) is 4.08. The Balaban J connectivity index is 2.15. The van der Waals surface area contributed by atoms with Crippen LogP contribution < -0.4 is 14.8 Å². The summed E-state index contributed by atoms with van der Waals surface area (Å²) >= 11 is 9.30. The maximum absolute atomic E-state index is 12.9. The Hall–Kier alpha value is -2.25. The van der Waals surface area contributed by atoms with E-state index in [2.05, 4.69) is 21.2 Å². The van der Waals surface area contributed by atoms with Crippen LogP contribution in [0.25, 0.3) is 0 Å². The molecule has 0 aliphatic heterocycles. The molecule has 0 saturated carbocycles. The first kappa shape index (κ1) is 23.0. The van der Waals surface area contributed by atoms with Gasteiger partial charge in [-0.2, -0.15) is 0 Å². The predicted molar refractivity (Wildman–Crippen MR) is 116 cm³/mol. The Bertz CT molecular complexity index is 845. The number of hydrogen-bond donors (Lipinski definition) is 1. The first-order chi connectivity index (χ1) is 13.8. The number of nitrogens with one attached hydrogen (secondary N) is 1. The number of carbonyl (C=O) groups is 2. The normalized spacial score (nSPS) is 11.5. The Morgan fingerprint density at radius 3 is 2.48 bits per heavy atom. The largest absolute Gasteiger partial charge is 0.497 e. The molecule has 29 heavy (non-hydrogen) atoms. The van der Waals surface area contributed by atoms with Crippen molar-refractivity contribution in [1.29, 1.82) is 0 Å². The zero-order valence-corrected chi connectivity index (χ0v) is 18.9. The molecule has 0 saturated heterocycles. The van der Waals surface area contributed by atoms with Crippen molar-refractivity contribution < 1.29 is 19.1 Å². The van der Waals surface area contributed by atoms with Crippen LogP contribution in [0.5, 0.6) is 11.5 Å². The Labute approximate surface area is 184 Å². The highest BCUT2D eigenvalue weighted by Gasteiger charge is 2.26. The minimum atomic E-state index is -0.651. The molecular formula is C21H24BrClN2O4. The molecule has 0 aromatic heterocycles. The lowest BCUT2D eigenvalue weighted by Crippen LogP contribution is -2.49. The highest BCUT2D eigenvalue weighted by Crippen LogP contribution is 2.28. The minimum Gasteiger partial charge on any atom is -0.497 e. The number of nitrogens with zero attached hydrogens (tertiary/aromatic N) is 1. The van der Waals surface area contributed by atoms with Crippen LogP contribution in [0.1, 0.15) is 19.4 Å². The molecule has 156 valence electrons. The lowest BCUT2D eigenvalue weighted by molar-refractivity contribution is -0.142. The number of halogens is 2. The molecule has 2 amide bonds. The third-order valence-electron chi connectivity index (χ3n) is 4.28. The van der Waals surface area contributed by atoms with Gasteiger partial charge >= 0.3 is 0 Å². The quantitative estimate of drug-likeness (QED) is 0.584. The van der Waals surface area contributed by atoms with E-state index in [0.717, 1.165) is 11.3 Å². The van der Waals surface area contributed by atoms with Crippen molar-refractivity contribution in [3.63, 3.8) is 0 Å². The molecule has 0 aliphatic carbocycles. The molecule has 0 spiro atoms. The van der Waals surface area contributed by atoms with Crippen molar-refractivity contribution in [2.75, 3.05) is 20.3 Å². The van der Waals surface area contributed by atoms with E-state index in [0.29, 0.717) is 21.8 Å². The molecule has 2 rings (SSSR count). The third kappa shape index (κ3) is 6.65. The fourth-order valence-electron chi connectivity index (χ4n) is 2.65. The molecule has 1 unspecified atom stereocenters. The number of ether oxygens (including phenoxy) is 2. The van der Waals surface area contributed by atoms with Crippen LogP contribution in [0.4, 0.5) is 0 Å². The van der Waals surface area contributed by atoms with Gasteiger partial charge in [0.2, 0.25) is 5.91 Å². The van der Waals surface area contributed by atoms with Gasteiger partial charge in [0.25, 0.3) is 5.91 Å². The van der Waals surface area contributed by atoms with Gasteiger partial charge in [0, 0.05) is 18.1 Å². The van der Waals surface area contributed by atoms with Crippen LogP contribution >= 0.6 is 27.5 Å². The number of benzene rings is 2. The second-order valence-electron chi connectivity index (χ2n) is 6.30. The fraction of sp³-hybridized carbons (Fsp3) is 0.333. The molecule has 0 radical (unpaired) electrons. The van der Waals surface area contributed by atoms with E-state index in [9.17, 15) is 9.59 Å². The van der Waals surface area contributed by atoms with Gasteiger partial charge in [-0.25, -0.2) is 0 Å². The zero-order valence-electron chi connectivity index (χ0n) is 16.6. The van der Waals surface area contributed by atoms with Crippen molar-refractivity contribution in [3.05, 3.63) is 57.5 Å². The molecule has 0 bridgehead atoms. The van der Waals surface area contributed by atoms with E-state index >= 15 is 0 Å². The van der Waals surface area contributed by atoms with Gasteiger partial charge in [0.05, 0.1) is 11.6 Å². The Morgan fingerprint density at radius 2 is 1.90 bits per heavy atom. The summed E-state index contributed by atoms with van der Waals surface area (Å²) in [7, 11) is 1.59. The summed E-state index contributed by atoms with van der Waals surface area (Å²) < 4.78 is 11.5. The van der Waals surface area contributed by atoms with Crippen LogP contribution in [0.2, 0.25) is 5.02 Å². The van der Waals surface area contributed by atoms with Crippen molar-refractivity contribution in [3.8, 4) is 11.5 Å². The van der Waals surface area contributed by atoms with Crippen LogP contribution in [-0.4, -0.2) is 43.0 Å². The van der Waals surface area contributed by atoms with Crippen molar-refractivity contribution in [2.24, 2.45) is 0 Å². The summed E-state index contributed by atoms with van der Waals surface area (Å²) in [6.07, 6.45) is 0. The van der Waals surface area contributed by atoms with Crippen LogP contribution in [0.3, 0.4) is 0 Å². The van der Waals surface area contributed by atoms with Gasteiger partial charge in [-0.15, -0.1) is 0 Å². The van der Waals surface area contributed by atoms with E-state index in [1.54, 1.807) is 32.2 Å². The molecule has 0 fully saturated rings. The van der Waals surface area contributed by atoms with Crippen LogP contribution in [0, 0.1) is 0 Å². The highest BCUT2D eigenvalue weighted by molar-refractivity contribution is 9.10. The number of amides is 2. The third-order valence-corrected chi connectivity index (χ3v) is 5.13. The molecule has 8 heteroatoms. The van der Waals surface area contributed by atoms with Crippen LogP contribution in [-0.2, 0) is 16.1 Å². The van der Waals surface area contributed by atoms with Gasteiger partial charge in [-0.3, -0.25) is 9.59 Å². The molecule has 2 aromatic rings. The predicted octanol–water partition coefficient (Wildman–Crippen LogP) is 4.04. The SMILES string of the molecule is CCNC(=O)C(C)N(Cc1ccc(OC)cc1)C(=O)COc1ccc(Cl)cc1Br. The maximum atomic E-state index is 12.9. The number of carbonyl (C=O) groups excluding carboxylic acids is 2. The minimum absolute atomic E-state index is 0.208. The second-order valence-corrected chi connectivity index (χ2v) is 7.59. The summed E-state index contributed by atoms with van der Waals surface area (Å²) in [5, 5.41) is 3.31. The summed E-state index contributed by atoms with van der Waals surface area (Å²) in [4.78, 5) is 26.8. The van der Waals surface area contributed by atoms with Crippen molar-refractivity contribution in [1.82, 2.24) is 10.2 Å². The number of likely N-dealkylation sites (N-methyl/N-ethyl adjacent to an activating group) is 1. The first-order valence-corrected chi connectivity index (χ1v) is 10.3.